The molecule has 0 bridgehead atoms. The quantitative estimate of drug-likeness (QED) is 0.108. The molecule has 30 rings (SSSR count). The Morgan fingerprint density at radius 2 is 0.297 bits per heavy atom. The van der Waals surface area contributed by atoms with Crippen LogP contribution in [0.25, 0.3) is 297 Å². The fourth-order valence-electron chi connectivity index (χ4n) is 23.7. The molecule has 0 fully saturated rings. The largest absolute Gasteiger partial charge is 0.456 e. The number of fused-ring (bicyclic) bond motifs is 18. The highest BCUT2D eigenvalue weighted by Gasteiger charge is 2.28. The average molecular weight is 1880 g/mol. The Labute approximate surface area is 854 Å². The van der Waals surface area contributed by atoms with Gasteiger partial charge in [0.15, 0.2) is 0 Å². The van der Waals surface area contributed by atoms with Crippen molar-refractivity contribution in [3.05, 3.63) is 546 Å². The molecule has 4 nitrogen and oxygen atoms in total. The van der Waals surface area contributed by atoms with Crippen LogP contribution < -0.4 is 0 Å². The molecule has 0 aliphatic carbocycles. The minimum absolute atomic E-state index is 0.873. The molecule has 0 saturated heterocycles. The van der Waals surface area contributed by atoms with E-state index in [1.165, 1.54) is 181 Å². The summed E-state index contributed by atoms with van der Waals surface area (Å²) in [6.45, 7) is 0. The van der Waals surface area contributed by atoms with E-state index in [-0.39, 0.29) is 0 Å². The van der Waals surface area contributed by atoms with Crippen LogP contribution in [-0.4, -0.2) is 0 Å². The van der Waals surface area contributed by atoms with Crippen LogP contribution in [0, 0.1) is 0 Å². The van der Waals surface area contributed by atoms with Gasteiger partial charge in [0.05, 0.1) is 0 Å². The predicted molar refractivity (Wildman–Crippen MR) is 624 cm³/mol. The average Bonchev–Trinajstić information content (AvgIpc) is 1.73. The number of rotatable bonds is 13. The van der Waals surface area contributed by atoms with E-state index >= 15 is 0 Å². The summed E-state index contributed by atoms with van der Waals surface area (Å²) in [6, 6.07) is 196. The molecule has 690 valence electrons. The fraction of sp³-hybridized carbons (Fsp3) is 0. The van der Waals surface area contributed by atoms with E-state index in [0.717, 1.165) is 116 Å². The highest BCUT2D eigenvalue weighted by atomic mass is 16.3. The molecule has 4 heterocycles. The maximum atomic E-state index is 6.51. The van der Waals surface area contributed by atoms with Crippen LogP contribution >= 0.6 is 0 Å². The lowest BCUT2D eigenvalue weighted by Crippen LogP contribution is -1.92. The molecule has 0 spiro atoms. The second-order valence-corrected chi connectivity index (χ2v) is 38.3. The first-order chi connectivity index (χ1) is 73.5. The lowest BCUT2D eigenvalue weighted by Gasteiger charge is -2.19. The summed E-state index contributed by atoms with van der Waals surface area (Å²) in [7, 11) is 0. The zero-order valence-electron chi connectivity index (χ0n) is 80.6. The zero-order valence-corrected chi connectivity index (χ0v) is 80.6. The molecule has 0 aliphatic heterocycles. The van der Waals surface area contributed by atoms with Gasteiger partial charge in [0.2, 0.25) is 0 Å². The summed E-state index contributed by atoms with van der Waals surface area (Å²) in [5.74, 6) is 0. The van der Waals surface area contributed by atoms with Gasteiger partial charge in [0.25, 0.3) is 0 Å². The summed E-state index contributed by atoms with van der Waals surface area (Å²) < 4.78 is 25.8. The van der Waals surface area contributed by atoms with Gasteiger partial charge in [-0.2, -0.15) is 0 Å². The molecule has 0 aliphatic rings. The molecule has 0 N–H and O–H groups in total. The van der Waals surface area contributed by atoms with Gasteiger partial charge in [0.1, 0.15) is 44.7 Å². The molecule has 0 amide bonds. The summed E-state index contributed by atoms with van der Waals surface area (Å²) in [5.41, 5.74) is 38.3. The van der Waals surface area contributed by atoms with Gasteiger partial charge in [-0.25, -0.2) is 0 Å². The molecule has 148 heavy (non-hydrogen) atoms. The lowest BCUT2D eigenvalue weighted by molar-refractivity contribution is 0.668. The molecule has 26 aromatic carbocycles. The molecule has 4 heteroatoms. The van der Waals surface area contributed by atoms with Crippen LogP contribution in [0.5, 0.6) is 0 Å². The molecule has 0 saturated carbocycles. The first-order valence-corrected chi connectivity index (χ1v) is 50.7. The van der Waals surface area contributed by atoms with E-state index in [9.17, 15) is 0 Å². The van der Waals surface area contributed by atoms with E-state index in [0.29, 0.717) is 0 Å². The van der Waals surface area contributed by atoms with E-state index < -0.39 is 0 Å². The topological polar surface area (TPSA) is 52.6 Å². The Bertz CT molecular complexity index is 10300. The van der Waals surface area contributed by atoms with Crippen molar-refractivity contribution in [1.82, 2.24) is 0 Å². The predicted octanol–water partition coefficient (Wildman–Crippen LogP) is 41.2. The zero-order chi connectivity index (χ0) is 97.6. The second kappa shape index (κ2) is 36.5. The van der Waals surface area contributed by atoms with Crippen molar-refractivity contribution in [3.8, 4) is 145 Å². The van der Waals surface area contributed by atoms with E-state index in [1.54, 1.807) is 0 Å². The smallest absolute Gasteiger partial charge is 0.136 e. The molecular weight excluding hydrogens is 1790 g/mol. The van der Waals surface area contributed by atoms with Crippen LogP contribution in [0.3, 0.4) is 0 Å². The summed E-state index contributed by atoms with van der Waals surface area (Å²) in [5, 5.41) is 24.0. The second-order valence-electron chi connectivity index (χ2n) is 38.3. The molecule has 0 atom stereocenters. The van der Waals surface area contributed by atoms with Gasteiger partial charge in [-0.05, 0) is 271 Å². The van der Waals surface area contributed by atoms with Crippen LogP contribution in [0.15, 0.2) is 564 Å². The maximum Gasteiger partial charge on any atom is 0.136 e. The highest BCUT2D eigenvalue weighted by molar-refractivity contribution is 6.27. The Morgan fingerprint density at radius 1 is 0.0878 bits per heavy atom. The Kier molecular flexibility index (Phi) is 21.3. The number of para-hydroxylation sites is 4. The Hall–Kier alpha value is -19.5. The summed E-state index contributed by atoms with van der Waals surface area (Å²) >= 11 is 0. The Morgan fingerprint density at radius 3 is 0.622 bits per heavy atom. The van der Waals surface area contributed by atoms with E-state index in [4.69, 9.17) is 17.7 Å². The number of hydrogen-bond acceptors (Lipinski definition) is 4. The fourth-order valence-corrected chi connectivity index (χ4v) is 23.7. The van der Waals surface area contributed by atoms with Crippen molar-refractivity contribution in [2.45, 2.75) is 0 Å². The minimum atomic E-state index is 0.873. The number of hydrogen-bond donors (Lipinski definition) is 0. The molecular formula is C144H90O4. The van der Waals surface area contributed by atoms with Crippen molar-refractivity contribution in [3.63, 3.8) is 0 Å². The van der Waals surface area contributed by atoms with Gasteiger partial charge in [-0.15, -0.1) is 0 Å². The van der Waals surface area contributed by atoms with Crippen molar-refractivity contribution in [2.75, 3.05) is 0 Å². The number of benzene rings is 26. The van der Waals surface area contributed by atoms with Crippen molar-refractivity contribution >= 4 is 152 Å². The van der Waals surface area contributed by atoms with Gasteiger partial charge in [0, 0.05) is 59.8 Å². The summed E-state index contributed by atoms with van der Waals surface area (Å²) in [6.07, 6.45) is 0. The normalized spacial score (nSPS) is 11.6. The summed E-state index contributed by atoms with van der Waals surface area (Å²) in [4.78, 5) is 0. The standard InChI is InChI=1S/C50H30O2.C50H32O.C44H28O/c1-2-13-31(14-3-1)47-38-18-4-6-20-40(38)48(41-21-7-5-19-39(41)47)33-15-12-16-34(29-33)49-35(27-28-45-50(49)42-22-9-11-24-44(42)51-45)32-25-26-37-36-17-8-10-23-43(36)52-46(37)30-32;1-3-16-33(17-4-1)37-22-7-8-23-38(37)43-30-31-46-50(44-28-13-14-29-45(44)51-46)49(43)36-21-15-20-35(32-36)48-41-26-11-9-24-39(41)47(34-18-5-2-6-19-34)40-25-10-12-27-42(40)48;1-3-14-29(15-4-1)33-26-27-40-44(38-24-11-12-25-39(38)45-40)43(33)32-19-13-18-31(28-32)42-36-22-9-7-20-34(36)41(30-16-5-2-6-17-30)35-21-8-10-23-37(35)42/h1-30H;1-32H;1-28H. The van der Waals surface area contributed by atoms with Gasteiger partial charge in [-0.3, -0.25) is 0 Å². The third kappa shape index (κ3) is 14.7. The van der Waals surface area contributed by atoms with Crippen LogP contribution in [0.4, 0.5) is 0 Å². The SMILES string of the molecule is c1ccc(-c2c3ccccc3c(-c3cccc(-c4c(-c5ccc6c(c5)oc5ccccc56)ccc5oc6ccccc6c45)c3)c3ccccc23)cc1.c1ccc(-c2ccc3oc4ccccc4c3c2-c2cccc(-c3c4ccccc4c(-c4ccccc4)c4ccccc34)c2)cc1.c1ccc(-c2ccccc2-c2ccc3oc4ccccc4c3c2-c2cccc(-c3c4ccccc4c(-c4ccccc4)c4ccccc34)c2)cc1. The van der Waals surface area contributed by atoms with Crippen molar-refractivity contribution < 1.29 is 17.7 Å². The Balaban J connectivity index is 0.000000107. The van der Waals surface area contributed by atoms with Gasteiger partial charge in [-0.1, -0.05) is 467 Å². The van der Waals surface area contributed by atoms with Crippen LogP contribution in [0.2, 0.25) is 0 Å². The van der Waals surface area contributed by atoms with Crippen molar-refractivity contribution in [1.29, 1.82) is 0 Å². The molecule has 4 aromatic heterocycles. The highest BCUT2D eigenvalue weighted by Crippen LogP contribution is 2.55. The third-order valence-corrected chi connectivity index (χ3v) is 30.0. The number of furan rings is 4. The van der Waals surface area contributed by atoms with E-state index in [1.807, 2.05) is 30.3 Å². The van der Waals surface area contributed by atoms with Crippen LogP contribution in [-0.2, 0) is 0 Å². The first-order valence-electron chi connectivity index (χ1n) is 50.7. The van der Waals surface area contributed by atoms with Gasteiger partial charge < -0.3 is 17.7 Å². The van der Waals surface area contributed by atoms with Crippen LogP contribution in [0.1, 0.15) is 0 Å². The third-order valence-electron chi connectivity index (χ3n) is 30.0. The monoisotopic (exact) mass is 1880 g/mol. The molecule has 0 radical (unpaired) electrons. The van der Waals surface area contributed by atoms with E-state index in [2.05, 4.69) is 516 Å². The minimum Gasteiger partial charge on any atom is -0.456 e. The molecule has 30 aromatic rings. The molecule has 0 unspecified atom stereocenters. The van der Waals surface area contributed by atoms with Gasteiger partial charge >= 0.3 is 0 Å². The lowest BCUT2D eigenvalue weighted by atomic mass is 9.84. The maximum absolute atomic E-state index is 6.51. The first kappa shape index (κ1) is 86.4. The van der Waals surface area contributed by atoms with Crippen molar-refractivity contribution in [2.24, 2.45) is 0 Å².